The first-order chi connectivity index (χ1) is 15.4. The molecule has 0 aliphatic carbocycles. The van der Waals surface area contributed by atoms with Crippen LogP contribution in [0.15, 0.2) is 60.0 Å². The number of nitrogens with zero attached hydrogens (tertiary/aromatic N) is 3. The number of nitrogens with one attached hydrogen (secondary N) is 1. The van der Waals surface area contributed by atoms with Crippen LogP contribution in [0.3, 0.4) is 0 Å². The first-order valence-electron chi connectivity index (χ1n) is 9.62. The number of nitro benzene ring substituents is 1. The number of hydrogen-bond acceptors (Lipinski definition) is 8. The van der Waals surface area contributed by atoms with Crippen molar-refractivity contribution in [3.8, 4) is 10.6 Å². The van der Waals surface area contributed by atoms with Gasteiger partial charge in [0.1, 0.15) is 10.0 Å². The smallest absolute Gasteiger partial charge is 0.357 e. The van der Waals surface area contributed by atoms with Gasteiger partial charge in [-0.3, -0.25) is 10.1 Å². The number of aromatic carboxylic acids is 1. The third-order valence-corrected chi connectivity index (χ3v) is 6.54. The Bertz CT molecular complexity index is 1250. The standard InChI is InChI=1S/C22H18N4O4S2/c1-13-23-19(22(27)28)21(32-13)24-17(11-14-7-9-16(10-8-14)26(29)30)18-12-31-20(25-18)15-5-3-2-4-6-15/h2-10,12,17,24H,11H2,1H3,(H,27,28)/t17-/m0/s1. The van der Waals surface area contributed by atoms with Crippen LogP contribution in [0.25, 0.3) is 10.6 Å². The summed E-state index contributed by atoms with van der Waals surface area (Å²) in [5, 5.41) is 27.7. The highest BCUT2D eigenvalue weighted by molar-refractivity contribution is 7.16. The van der Waals surface area contributed by atoms with E-state index in [0.29, 0.717) is 16.4 Å². The molecule has 0 aliphatic heterocycles. The molecular weight excluding hydrogens is 448 g/mol. The summed E-state index contributed by atoms with van der Waals surface area (Å²) in [6.45, 7) is 1.75. The van der Waals surface area contributed by atoms with E-state index in [-0.39, 0.29) is 17.4 Å². The second kappa shape index (κ2) is 9.25. The number of carboxylic acids is 1. The maximum atomic E-state index is 11.6. The Labute approximate surface area is 191 Å². The summed E-state index contributed by atoms with van der Waals surface area (Å²) in [7, 11) is 0. The average molecular weight is 467 g/mol. The summed E-state index contributed by atoms with van der Waals surface area (Å²) in [5.41, 5.74) is 2.61. The van der Waals surface area contributed by atoms with Gasteiger partial charge in [0.15, 0.2) is 5.69 Å². The Morgan fingerprint density at radius 3 is 2.53 bits per heavy atom. The van der Waals surface area contributed by atoms with E-state index in [4.69, 9.17) is 4.98 Å². The van der Waals surface area contributed by atoms with Gasteiger partial charge in [0.25, 0.3) is 5.69 Å². The average Bonchev–Trinajstić information content (AvgIpc) is 3.41. The summed E-state index contributed by atoms with van der Waals surface area (Å²) in [6, 6.07) is 15.8. The number of non-ortho nitro benzene ring substituents is 1. The van der Waals surface area contributed by atoms with E-state index < -0.39 is 10.9 Å². The van der Waals surface area contributed by atoms with Crippen molar-refractivity contribution in [1.82, 2.24) is 9.97 Å². The van der Waals surface area contributed by atoms with Gasteiger partial charge in [-0.1, -0.05) is 42.5 Å². The number of nitro groups is 1. The van der Waals surface area contributed by atoms with Crippen LogP contribution in [0.2, 0.25) is 0 Å². The molecule has 32 heavy (non-hydrogen) atoms. The number of carbonyl (C=O) groups is 1. The van der Waals surface area contributed by atoms with E-state index in [9.17, 15) is 20.0 Å². The number of hydrogen-bond donors (Lipinski definition) is 2. The molecule has 0 unspecified atom stereocenters. The van der Waals surface area contributed by atoms with Gasteiger partial charge in [0, 0.05) is 23.1 Å². The first kappa shape index (κ1) is 21.6. The Morgan fingerprint density at radius 1 is 1.16 bits per heavy atom. The molecule has 0 radical (unpaired) electrons. The van der Waals surface area contributed by atoms with Gasteiger partial charge in [0.2, 0.25) is 0 Å². The van der Waals surface area contributed by atoms with Crippen LogP contribution in [0.5, 0.6) is 0 Å². The van der Waals surface area contributed by atoms with Crippen molar-refractivity contribution in [2.45, 2.75) is 19.4 Å². The van der Waals surface area contributed by atoms with E-state index in [1.807, 2.05) is 35.7 Å². The lowest BCUT2D eigenvalue weighted by atomic mass is 10.0. The van der Waals surface area contributed by atoms with Gasteiger partial charge in [-0.15, -0.1) is 22.7 Å². The molecule has 4 aromatic rings. The summed E-state index contributed by atoms with van der Waals surface area (Å²) >= 11 is 2.77. The van der Waals surface area contributed by atoms with Crippen molar-refractivity contribution in [3.63, 3.8) is 0 Å². The Hall–Kier alpha value is -3.63. The first-order valence-corrected chi connectivity index (χ1v) is 11.3. The highest BCUT2D eigenvalue weighted by atomic mass is 32.1. The quantitative estimate of drug-likeness (QED) is 0.257. The summed E-state index contributed by atoms with van der Waals surface area (Å²) in [4.78, 5) is 31.0. The van der Waals surface area contributed by atoms with E-state index in [1.54, 1.807) is 19.1 Å². The normalized spacial score (nSPS) is 11.8. The highest BCUT2D eigenvalue weighted by Crippen LogP contribution is 2.33. The molecule has 162 valence electrons. The largest absolute Gasteiger partial charge is 0.476 e. The SMILES string of the molecule is Cc1nc(C(=O)O)c(N[C@@H](Cc2ccc([N+](=O)[O-])cc2)c2csc(-c3ccccc3)n2)s1. The van der Waals surface area contributed by atoms with E-state index >= 15 is 0 Å². The zero-order valence-electron chi connectivity index (χ0n) is 16.9. The molecule has 2 aromatic heterocycles. The van der Waals surface area contributed by atoms with Gasteiger partial charge >= 0.3 is 5.97 Å². The van der Waals surface area contributed by atoms with Gasteiger partial charge in [-0.05, 0) is 18.9 Å². The summed E-state index contributed by atoms with van der Waals surface area (Å²) in [6.07, 6.45) is 0.464. The molecule has 10 heteroatoms. The molecule has 2 N–H and O–H groups in total. The molecular formula is C22H18N4O4S2. The van der Waals surface area contributed by atoms with Crippen LogP contribution in [0, 0.1) is 17.0 Å². The van der Waals surface area contributed by atoms with Crippen LogP contribution in [-0.2, 0) is 6.42 Å². The minimum atomic E-state index is -1.10. The fraction of sp³-hybridized carbons (Fsp3) is 0.136. The van der Waals surface area contributed by atoms with Gasteiger partial charge in [-0.2, -0.15) is 0 Å². The Kier molecular flexibility index (Phi) is 6.24. The lowest BCUT2D eigenvalue weighted by Gasteiger charge is -2.17. The molecule has 0 aliphatic rings. The molecule has 0 bridgehead atoms. The predicted octanol–water partition coefficient (Wildman–Crippen LogP) is 5.58. The van der Waals surface area contributed by atoms with Crippen molar-refractivity contribution in [1.29, 1.82) is 0 Å². The zero-order chi connectivity index (χ0) is 22.7. The maximum absolute atomic E-state index is 11.6. The molecule has 2 aromatic carbocycles. The monoisotopic (exact) mass is 466 g/mol. The third-order valence-electron chi connectivity index (χ3n) is 4.73. The number of thiazole rings is 2. The molecule has 2 heterocycles. The van der Waals surface area contributed by atoms with Gasteiger partial charge < -0.3 is 10.4 Å². The molecule has 1 atom stereocenters. The van der Waals surface area contributed by atoms with Crippen LogP contribution < -0.4 is 5.32 Å². The van der Waals surface area contributed by atoms with E-state index in [2.05, 4.69) is 10.3 Å². The Morgan fingerprint density at radius 2 is 1.88 bits per heavy atom. The van der Waals surface area contributed by atoms with Crippen LogP contribution >= 0.6 is 22.7 Å². The molecule has 0 fully saturated rings. The fourth-order valence-electron chi connectivity index (χ4n) is 3.21. The van der Waals surface area contributed by atoms with Crippen molar-refractivity contribution in [3.05, 3.63) is 92.1 Å². The number of carboxylic acid groups (broad SMARTS) is 1. The van der Waals surface area contributed by atoms with Crippen LogP contribution in [-0.4, -0.2) is 26.0 Å². The molecule has 4 rings (SSSR count). The predicted molar refractivity (Wildman–Crippen MR) is 125 cm³/mol. The topological polar surface area (TPSA) is 118 Å². The minimum absolute atomic E-state index is 0.0181. The second-order valence-corrected chi connectivity index (χ2v) is 9.05. The maximum Gasteiger partial charge on any atom is 0.357 e. The molecule has 0 saturated carbocycles. The lowest BCUT2D eigenvalue weighted by Crippen LogP contribution is -2.15. The highest BCUT2D eigenvalue weighted by Gasteiger charge is 2.23. The van der Waals surface area contributed by atoms with Crippen molar-refractivity contribution < 1.29 is 14.8 Å². The van der Waals surface area contributed by atoms with Gasteiger partial charge in [-0.25, -0.2) is 14.8 Å². The van der Waals surface area contributed by atoms with Crippen molar-refractivity contribution in [2.24, 2.45) is 0 Å². The number of aromatic nitrogens is 2. The van der Waals surface area contributed by atoms with Gasteiger partial charge in [0.05, 0.1) is 21.7 Å². The van der Waals surface area contributed by atoms with E-state index in [1.165, 1.54) is 34.8 Å². The number of benzene rings is 2. The molecule has 8 nitrogen and oxygen atoms in total. The summed E-state index contributed by atoms with van der Waals surface area (Å²) in [5.74, 6) is -1.10. The lowest BCUT2D eigenvalue weighted by molar-refractivity contribution is -0.384. The van der Waals surface area contributed by atoms with Crippen molar-refractivity contribution >= 4 is 39.3 Å². The third kappa shape index (κ3) is 4.82. The number of aryl methyl sites for hydroxylation is 1. The molecule has 0 amide bonds. The molecule has 0 spiro atoms. The second-order valence-electron chi connectivity index (χ2n) is 6.98. The Balaban J connectivity index is 1.67. The number of rotatable bonds is 8. The summed E-state index contributed by atoms with van der Waals surface area (Å²) < 4.78 is 0. The molecule has 0 saturated heterocycles. The fourth-order valence-corrected chi connectivity index (χ4v) is 4.95. The van der Waals surface area contributed by atoms with Crippen LogP contribution in [0.1, 0.15) is 32.8 Å². The number of anilines is 1. The minimum Gasteiger partial charge on any atom is -0.476 e. The zero-order valence-corrected chi connectivity index (χ0v) is 18.5. The van der Waals surface area contributed by atoms with E-state index in [0.717, 1.165) is 21.8 Å². The van der Waals surface area contributed by atoms with Crippen LogP contribution in [0.4, 0.5) is 10.7 Å². The van der Waals surface area contributed by atoms with Crippen molar-refractivity contribution in [2.75, 3.05) is 5.32 Å².